The van der Waals surface area contributed by atoms with Crippen LogP contribution in [-0.4, -0.2) is 41.4 Å². The lowest BCUT2D eigenvalue weighted by Gasteiger charge is -2.16. The summed E-state index contributed by atoms with van der Waals surface area (Å²) in [6.07, 6.45) is 1.12. The van der Waals surface area contributed by atoms with Gasteiger partial charge in [-0.3, -0.25) is 5.10 Å². The fourth-order valence-corrected chi connectivity index (χ4v) is 2.79. The number of nitrogens with one attached hydrogen (secondary N) is 2. The van der Waals surface area contributed by atoms with Gasteiger partial charge in [0.15, 0.2) is 5.82 Å². The first kappa shape index (κ1) is 13.6. The maximum atomic E-state index is 4.66. The van der Waals surface area contributed by atoms with Gasteiger partial charge >= 0.3 is 0 Å². The van der Waals surface area contributed by atoms with Crippen LogP contribution in [0.15, 0.2) is 22.7 Å². The zero-order chi connectivity index (χ0) is 13.9. The second-order valence-corrected chi connectivity index (χ2v) is 5.84. The lowest BCUT2D eigenvalue weighted by Crippen LogP contribution is -2.28. The molecule has 106 valence electrons. The molecule has 2 heterocycles. The van der Waals surface area contributed by atoms with E-state index in [1.807, 2.05) is 12.1 Å². The molecule has 6 heteroatoms. The van der Waals surface area contributed by atoms with Crippen molar-refractivity contribution in [1.29, 1.82) is 0 Å². The Morgan fingerprint density at radius 2 is 2.15 bits per heavy atom. The molecule has 2 aromatic rings. The summed E-state index contributed by atoms with van der Waals surface area (Å²) in [4.78, 5) is 6.89. The molecule has 0 bridgehead atoms. The molecule has 0 amide bonds. The Bertz CT molecular complexity index is 587. The van der Waals surface area contributed by atoms with Crippen molar-refractivity contribution in [2.45, 2.75) is 13.3 Å². The van der Waals surface area contributed by atoms with Crippen molar-refractivity contribution in [2.24, 2.45) is 0 Å². The number of H-pyrrole nitrogens is 1. The van der Waals surface area contributed by atoms with Gasteiger partial charge in [0.25, 0.3) is 0 Å². The van der Waals surface area contributed by atoms with Gasteiger partial charge in [-0.2, -0.15) is 4.98 Å². The Morgan fingerprint density at radius 1 is 1.25 bits per heavy atom. The molecule has 0 atom stereocenters. The second kappa shape index (κ2) is 5.93. The monoisotopic (exact) mass is 335 g/mol. The Morgan fingerprint density at radius 3 is 3.05 bits per heavy atom. The molecule has 0 saturated carbocycles. The Labute approximate surface area is 126 Å². The number of hydrogen-bond acceptors (Lipinski definition) is 4. The minimum atomic E-state index is 0.795. The van der Waals surface area contributed by atoms with Crippen molar-refractivity contribution in [3.8, 4) is 11.4 Å². The third-order valence-corrected chi connectivity index (χ3v) is 4.48. The first-order valence-electron chi connectivity index (χ1n) is 6.89. The van der Waals surface area contributed by atoms with E-state index in [9.17, 15) is 0 Å². The summed E-state index contributed by atoms with van der Waals surface area (Å²) in [6.45, 7) is 6.09. The normalized spacial score (nSPS) is 16.2. The second-order valence-electron chi connectivity index (χ2n) is 4.99. The third kappa shape index (κ3) is 2.71. The highest BCUT2D eigenvalue weighted by atomic mass is 79.9. The Hall–Kier alpha value is -1.40. The quantitative estimate of drug-likeness (QED) is 0.884. The van der Waals surface area contributed by atoms with Crippen LogP contribution in [0.2, 0.25) is 0 Å². The van der Waals surface area contributed by atoms with E-state index in [1.165, 1.54) is 5.56 Å². The average Bonchev–Trinajstić information content (AvgIpc) is 2.77. The Balaban J connectivity index is 1.87. The zero-order valence-electron chi connectivity index (χ0n) is 11.5. The smallest absolute Gasteiger partial charge is 0.245 e. The summed E-state index contributed by atoms with van der Waals surface area (Å²) in [5.74, 6) is 1.62. The molecule has 0 unspecified atom stereocenters. The molecule has 0 radical (unpaired) electrons. The topological polar surface area (TPSA) is 56.8 Å². The summed E-state index contributed by atoms with van der Waals surface area (Å²) in [6, 6.07) is 6.12. The Kier molecular flexibility index (Phi) is 4.03. The molecule has 1 aliphatic rings. The van der Waals surface area contributed by atoms with Gasteiger partial charge in [-0.15, -0.1) is 5.10 Å². The summed E-state index contributed by atoms with van der Waals surface area (Å²) in [7, 11) is 0. The number of nitrogens with zero attached hydrogens (tertiary/aromatic N) is 3. The SMILES string of the molecule is Cc1c(Br)cccc1-c1nc(N2CCCNCC2)n[nH]1. The lowest BCUT2D eigenvalue weighted by molar-refractivity contribution is 0.724. The van der Waals surface area contributed by atoms with Gasteiger partial charge in [-0.05, 0) is 31.5 Å². The fraction of sp³-hybridized carbons (Fsp3) is 0.429. The predicted molar refractivity (Wildman–Crippen MR) is 84.0 cm³/mol. The highest BCUT2D eigenvalue weighted by Gasteiger charge is 2.15. The van der Waals surface area contributed by atoms with Crippen LogP contribution < -0.4 is 10.2 Å². The van der Waals surface area contributed by atoms with E-state index in [4.69, 9.17) is 0 Å². The van der Waals surface area contributed by atoms with E-state index in [1.54, 1.807) is 0 Å². The van der Waals surface area contributed by atoms with Crippen molar-refractivity contribution in [2.75, 3.05) is 31.1 Å². The van der Waals surface area contributed by atoms with Crippen molar-refractivity contribution in [1.82, 2.24) is 20.5 Å². The van der Waals surface area contributed by atoms with Gasteiger partial charge in [-0.25, -0.2) is 0 Å². The van der Waals surface area contributed by atoms with E-state index < -0.39 is 0 Å². The van der Waals surface area contributed by atoms with E-state index in [2.05, 4.69) is 54.3 Å². The summed E-state index contributed by atoms with van der Waals surface area (Å²) < 4.78 is 1.09. The van der Waals surface area contributed by atoms with E-state index in [0.717, 1.165) is 54.4 Å². The van der Waals surface area contributed by atoms with Gasteiger partial charge in [0.05, 0.1) is 0 Å². The number of aromatic amines is 1. The number of hydrogen-bond donors (Lipinski definition) is 2. The third-order valence-electron chi connectivity index (χ3n) is 3.62. The van der Waals surface area contributed by atoms with Crippen molar-refractivity contribution in [3.05, 3.63) is 28.2 Å². The van der Waals surface area contributed by atoms with Crippen LogP contribution >= 0.6 is 15.9 Å². The first-order valence-corrected chi connectivity index (χ1v) is 7.68. The molecule has 0 spiro atoms. The molecular weight excluding hydrogens is 318 g/mol. The molecule has 1 saturated heterocycles. The van der Waals surface area contributed by atoms with Crippen LogP contribution in [0.4, 0.5) is 5.95 Å². The minimum Gasteiger partial charge on any atom is -0.338 e. The summed E-state index contributed by atoms with van der Waals surface area (Å²) in [5.41, 5.74) is 2.26. The van der Waals surface area contributed by atoms with Crippen LogP contribution in [0.5, 0.6) is 0 Å². The molecule has 1 aromatic heterocycles. The number of anilines is 1. The summed E-state index contributed by atoms with van der Waals surface area (Å²) >= 11 is 3.56. The van der Waals surface area contributed by atoms with Gasteiger partial charge in [0, 0.05) is 29.7 Å². The van der Waals surface area contributed by atoms with Gasteiger partial charge < -0.3 is 10.2 Å². The molecule has 20 heavy (non-hydrogen) atoms. The molecule has 1 fully saturated rings. The van der Waals surface area contributed by atoms with Crippen LogP contribution in [0, 0.1) is 6.92 Å². The maximum absolute atomic E-state index is 4.66. The van der Waals surface area contributed by atoms with E-state index in [-0.39, 0.29) is 0 Å². The number of benzene rings is 1. The van der Waals surface area contributed by atoms with E-state index in [0.29, 0.717) is 0 Å². The molecule has 5 nitrogen and oxygen atoms in total. The number of rotatable bonds is 2. The van der Waals surface area contributed by atoms with Gasteiger partial charge in [0.2, 0.25) is 5.95 Å². The van der Waals surface area contributed by atoms with Crippen LogP contribution in [0.25, 0.3) is 11.4 Å². The van der Waals surface area contributed by atoms with Gasteiger partial charge in [0.1, 0.15) is 0 Å². The highest BCUT2D eigenvalue weighted by molar-refractivity contribution is 9.10. The fourth-order valence-electron chi connectivity index (χ4n) is 2.42. The molecule has 3 rings (SSSR count). The predicted octanol–water partition coefficient (Wildman–Crippen LogP) is 2.34. The zero-order valence-corrected chi connectivity index (χ0v) is 13.1. The molecular formula is C14H18BrN5. The van der Waals surface area contributed by atoms with Crippen molar-refractivity contribution >= 4 is 21.9 Å². The molecule has 2 N–H and O–H groups in total. The molecule has 0 aliphatic carbocycles. The largest absolute Gasteiger partial charge is 0.338 e. The standard InChI is InChI=1S/C14H18BrN5/c1-10-11(4-2-5-12(10)15)13-17-14(19-18-13)20-8-3-6-16-7-9-20/h2,4-5,16H,3,6-9H2,1H3,(H,17,18,19). The lowest BCUT2D eigenvalue weighted by atomic mass is 10.1. The van der Waals surface area contributed by atoms with E-state index >= 15 is 0 Å². The number of halogens is 1. The highest BCUT2D eigenvalue weighted by Crippen LogP contribution is 2.27. The maximum Gasteiger partial charge on any atom is 0.245 e. The summed E-state index contributed by atoms with van der Waals surface area (Å²) in [5, 5.41) is 10.8. The average molecular weight is 336 g/mol. The van der Waals surface area contributed by atoms with Crippen molar-refractivity contribution in [3.63, 3.8) is 0 Å². The van der Waals surface area contributed by atoms with Crippen LogP contribution in [-0.2, 0) is 0 Å². The minimum absolute atomic E-state index is 0.795. The first-order chi connectivity index (χ1) is 9.75. The van der Waals surface area contributed by atoms with Gasteiger partial charge in [-0.1, -0.05) is 28.1 Å². The molecule has 1 aliphatic heterocycles. The van der Waals surface area contributed by atoms with Crippen LogP contribution in [0.1, 0.15) is 12.0 Å². The van der Waals surface area contributed by atoms with Crippen molar-refractivity contribution < 1.29 is 0 Å². The van der Waals surface area contributed by atoms with Crippen LogP contribution in [0.3, 0.4) is 0 Å². The number of aromatic nitrogens is 3. The molecule has 1 aromatic carbocycles.